The van der Waals surface area contributed by atoms with E-state index in [-0.39, 0.29) is 0 Å². The SMILES string of the molecule is Cc1ccccc1N(C)C(=S)NC1CC1. The first-order valence-electron chi connectivity index (χ1n) is 5.28. The second-order valence-corrected chi connectivity index (χ2v) is 4.46. The Bertz CT molecular complexity index is 372. The molecule has 80 valence electrons. The van der Waals surface area contributed by atoms with Crippen molar-refractivity contribution in [3.63, 3.8) is 0 Å². The molecule has 1 aromatic rings. The van der Waals surface area contributed by atoms with Crippen LogP contribution in [0.15, 0.2) is 24.3 Å². The van der Waals surface area contributed by atoms with Gasteiger partial charge in [-0.1, -0.05) is 18.2 Å². The molecular formula is C12H16N2S. The number of thiocarbonyl (C=S) groups is 1. The number of hydrogen-bond acceptors (Lipinski definition) is 1. The van der Waals surface area contributed by atoms with E-state index in [9.17, 15) is 0 Å². The Morgan fingerprint density at radius 3 is 2.67 bits per heavy atom. The summed E-state index contributed by atoms with van der Waals surface area (Å²) in [6.07, 6.45) is 2.50. The van der Waals surface area contributed by atoms with Crippen LogP contribution < -0.4 is 10.2 Å². The third-order valence-electron chi connectivity index (χ3n) is 2.69. The first-order chi connectivity index (χ1) is 7.18. The predicted molar refractivity (Wildman–Crippen MR) is 68.3 cm³/mol. The lowest BCUT2D eigenvalue weighted by molar-refractivity contribution is 0.900. The average Bonchev–Trinajstić information content (AvgIpc) is 3.01. The molecular weight excluding hydrogens is 204 g/mol. The van der Waals surface area contributed by atoms with Crippen LogP contribution in [0.5, 0.6) is 0 Å². The molecule has 0 bridgehead atoms. The lowest BCUT2D eigenvalue weighted by Gasteiger charge is -2.22. The van der Waals surface area contributed by atoms with E-state index in [0.29, 0.717) is 6.04 Å². The van der Waals surface area contributed by atoms with E-state index < -0.39 is 0 Å². The highest BCUT2D eigenvalue weighted by molar-refractivity contribution is 7.80. The van der Waals surface area contributed by atoms with E-state index in [1.165, 1.54) is 24.1 Å². The lowest BCUT2D eigenvalue weighted by atomic mass is 10.2. The van der Waals surface area contributed by atoms with Crippen molar-refractivity contribution in [3.05, 3.63) is 29.8 Å². The second kappa shape index (κ2) is 4.19. The van der Waals surface area contributed by atoms with Gasteiger partial charge >= 0.3 is 0 Å². The summed E-state index contributed by atoms with van der Waals surface area (Å²) in [4.78, 5) is 2.04. The molecule has 1 aliphatic rings. The largest absolute Gasteiger partial charge is 0.360 e. The van der Waals surface area contributed by atoms with E-state index >= 15 is 0 Å². The van der Waals surface area contributed by atoms with Crippen molar-refractivity contribution in [2.45, 2.75) is 25.8 Å². The maximum Gasteiger partial charge on any atom is 0.173 e. The molecule has 3 heteroatoms. The number of benzene rings is 1. The van der Waals surface area contributed by atoms with Gasteiger partial charge in [0.2, 0.25) is 0 Å². The number of aryl methyl sites for hydroxylation is 1. The van der Waals surface area contributed by atoms with Crippen LogP contribution in [0.25, 0.3) is 0 Å². The van der Waals surface area contributed by atoms with E-state index in [2.05, 4.69) is 24.4 Å². The van der Waals surface area contributed by atoms with Crippen molar-refractivity contribution in [2.75, 3.05) is 11.9 Å². The molecule has 0 aliphatic heterocycles. The summed E-state index contributed by atoms with van der Waals surface area (Å²) in [5.74, 6) is 0. The predicted octanol–water partition coefficient (Wildman–Crippen LogP) is 2.47. The average molecular weight is 220 g/mol. The minimum atomic E-state index is 0.615. The van der Waals surface area contributed by atoms with Gasteiger partial charge < -0.3 is 10.2 Å². The Hall–Kier alpha value is -1.09. The van der Waals surface area contributed by atoms with Gasteiger partial charge in [-0.25, -0.2) is 0 Å². The number of nitrogens with zero attached hydrogens (tertiary/aromatic N) is 1. The zero-order valence-corrected chi connectivity index (χ0v) is 9.97. The molecule has 0 saturated heterocycles. The van der Waals surface area contributed by atoms with E-state index in [4.69, 9.17) is 12.2 Å². The number of anilines is 1. The Balaban J connectivity index is 2.08. The van der Waals surface area contributed by atoms with Crippen LogP contribution in [-0.4, -0.2) is 18.2 Å². The minimum Gasteiger partial charge on any atom is -0.360 e. The number of nitrogens with one attached hydrogen (secondary N) is 1. The van der Waals surface area contributed by atoms with Crippen molar-refractivity contribution >= 4 is 23.0 Å². The summed E-state index contributed by atoms with van der Waals surface area (Å²) in [5.41, 5.74) is 2.43. The quantitative estimate of drug-likeness (QED) is 0.771. The van der Waals surface area contributed by atoms with E-state index in [1.54, 1.807) is 0 Å². The molecule has 1 saturated carbocycles. The first kappa shape index (κ1) is 10.4. The van der Waals surface area contributed by atoms with Gasteiger partial charge in [0.05, 0.1) is 0 Å². The van der Waals surface area contributed by atoms with Crippen molar-refractivity contribution in [3.8, 4) is 0 Å². The monoisotopic (exact) mass is 220 g/mol. The summed E-state index contributed by atoms with van der Waals surface area (Å²) in [6.45, 7) is 2.10. The highest BCUT2D eigenvalue weighted by atomic mass is 32.1. The van der Waals surface area contributed by atoms with E-state index in [1.807, 2.05) is 24.1 Å². The molecule has 0 radical (unpaired) electrons. The number of hydrogen-bond donors (Lipinski definition) is 1. The Morgan fingerprint density at radius 2 is 2.07 bits per heavy atom. The molecule has 0 heterocycles. The van der Waals surface area contributed by atoms with E-state index in [0.717, 1.165) is 5.11 Å². The molecule has 0 spiro atoms. The molecule has 15 heavy (non-hydrogen) atoms. The number of rotatable bonds is 2. The Labute approximate surface area is 96.3 Å². The van der Waals surface area contributed by atoms with Gasteiger partial charge in [-0.15, -0.1) is 0 Å². The van der Waals surface area contributed by atoms with Crippen LogP contribution in [-0.2, 0) is 0 Å². The molecule has 1 N–H and O–H groups in total. The third kappa shape index (κ3) is 2.48. The van der Waals surface area contributed by atoms with Crippen LogP contribution in [0.1, 0.15) is 18.4 Å². The van der Waals surface area contributed by atoms with Gasteiger partial charge in [-0.05, 0) is 43.6 Å². The fourth-order valence-electron chi connectivity index (χ4n) is 1.55. The van der Waals surface area contributed by atoms with Crippen molar-refractivity contribution in [1.29, 1.82) is 0 Å². The topological polar surface area (TPSA) is 15.3 Å². The van der Waals surface area contributed by atoms with Crippen molar-refractivity contribution in [1.82, 2.24) is 5.32 Å². The third-order valence-corrected chi connectivity index (χ3v) is 3.08. The molecule has 0 atom stereocenters. The van der Waals surface area contributed by atoms with Crippen molar-refractivity contribution in [2.24, 2.45) is 0 Å². The van der Waals surface area contributed by atoms with Gasteiger partial charge in [0, 0.05) is 18.8 Å². The zero-order chi connectivity index (χ0) is 10.8. The molecule has 0 unspecified atom stereocenters. The molecule has 2 rings (SSSR count). The summed E-state index contributed by atoms with van der Waals surface area (Å²) in [6, 6.07) is 8.90. The molecule has 0 aromatic heterocycles. The van der Waals surface area contributed by atoms with Crippen LogP contribution >= 0.6 is 12.2 Å². The summed E-state index contributed by atoms with van der Waals surface area (Å²) in [7, 11) is 2.01. The second-order valence-electron chi connectivity index (χ2n) is 4.07. The summed E-state index contributed by atoms with van der Waals surface area (Å²) >= 11 is 5.35. The zero-order valence-electron chi connectivity index (χ0n) is 9.16. The van der Waals surface area contributed by atoms with Crippen LogP contribution in [0, 0.1) is 6.92 Å². The standard InChI is InChI=1S/C12H16N2S/c1-9-5-3-4-6-11(9)14(2)12(15)13-10-7-8-10/h3-6,10H,7-8H2,1-2H3,(H,13,15). The molecule has 1 aromatic carbocycles. The molecule has 0 amide bonds. The van der Waals surface area contributed by atoms with Gasteiger partial charge in [0.25, 0.3) is 0 Å². The Kier molecular flexibility index (Phi) is 2.91. The van der Waals surface area contributed by atoms with Crippen LogP contribution in [0.2, 0.25) is 0 Å². The summed E-state index contributed by atoms with van der Waals surface area (Å²) in [5, 5.41) is 4.16. The van der Waals surface area contributed by atoms with Crippen LogP contribution in [0.3, 0.4) is 0 Å². The number of para-hydroxylation sites is 1. The van der Waals surface area contributed by atoms with Gasteiger partial charge in [-0.2, -0.15) is 0 Å². The molecule has 1 fully saturated rings. The fraction of sp³-hybridized carbons (Fsp3) is 0.417. The Morgan fingerprint density at radius 1 is 1.40 bits per heavy atom. The summed E-state index contributed by atoms with van der Waals surface area (Å²) < 4.78 is 0. The minimum absolute atomic E-state index is 0.615. The smallest absolute Gasteiger partial charge is 0.173 e. The van der Waals surface area contributed by atoms with Gasteiger partial charge in [-0.3, -0.25) is 0 Å². The van der Waals surface area contributed by atoms with Crippen molar-refractivity contribution < 1.29 is 0 Å². The maximum absolute atomic E-state index is 5.35. The molecule has 1 aliphatic carbocycles. The normalized spacial score (nSPS) is 14.8. The van der Waals surface area contributed by atoms with Crippen LogP contribution in [0.4, 0.5) is 5.69 Å². The highest BCUT2D eigenvalue weighted by Gasteiger charge is 2.23. The van der Waals surface area contributed by atoms with Gasteiger partial charge in [0.1, 0.15) is 0 Å². The van der Waals surface area contributed by atoms with Gasteiger partial charge in [0.15, 0.2) is 5.11 Å². The highest BCUT2D eigenvalue weighted by Crippen LogP contribution is 2.21. The fourth-order valence-corrected chi connectivity index (χ4v) is 1.81. The molecule has 2 nitrogen and oxygen atoms in total. The lowest BCUT2D eigenvalue weighted by Crippen LogP contribution is -2.38. The first-order valence-corrected chi connectivity index (χ1v) is 5.69. The maximum atomic E-state index is 5.35.